The van der Waals surface area contributed by atoms with Crippen LogP contribution in [-0.2, 0) is 14.3 Å². The lowest BCUT2D eigenvalue weighted by Gasteiger charge is -2.33. The predicted molar refractivity (Wildman–Crippen MR) is 42.1 cm³/mol. The summed E-state index contributed by atoms with van der Waals surface area (Å²) in [5.74, 6) is -1.27. The van der Waals surface area contributed by atoms with Crippen molar-refractivity contribution in [2.24, 2.45) is 5.92 Å². The van der Waals surface area contributed by atoms with Crippen molar-refractivity contribution in [3.05, 3.63) is 0 Å². The Morgan fingerprint density at radius 3 is 2.77 bits per heavy atom. The molecule has 1 unspecified atom stereocenters. The number of nitrogens with one attached hydrogen (secondary N) is 1. The Kier molecular flexibility index (Phi) is 1.76. The van der Waals surface area contributed by atoms with Gasteiger partial charge in [0.1, 0.15) is 6.61 Å². The van der Waals surface area contributed by atoms with Crippen molar-refractivity contribution < 1.29 is 19.4 Å². The predicted octanol–water partition coefficient (Wildman–Crippen LogP) is -0.634. The Morgan fingerprint density at radius 1 is 1.62 bits per heavy atom. The third-order valence-corrected chi connectivity index (χ3v) is 2.58. The SMILES string of the molecule is O=C1COCC(C(=O)O)(C2CC2)N1. The lowest BCUT2D eigenvalue weighted by atomic mass is 9.93. The van der Waals surface area contributed by atoms with Crippen LogP contribution >= 0.6 is 0 Å². The third-order valence-electron chi connectivity index (χ3n) is 2.58. The second kappa shape index (κ2) is 2.70. The van der Waals surface area contributed by atoms with Crippen LogP contribution < -0.4 is 5.32 Å². The normalized spacial score (nSPS) is 34.0. The van der Waals surface area contributed by atoms with Crippen LogP contribution in [0.5, 0.6) is 0 Å². The molecule has 0 radical (unpaired) electrons. The lowest BCUT2D eigenvalue weighted by Crippen LogP contribution is -2.63. The molecule has 0 aromatic carbocycles. The van der Waals surface area contributed by atoms with Gasteiger partial charge in [0.25, 0.3) is 0 Å². The Bertz CT molecular complexity index is 261. The molecule has 0 spiro atoms. The quantitative estimate of drug-likeness (QED) is 0.600. The van der Waals surface area contributed by atoms with Gasteiger partial charge in [0.2, 0.25) is 5.91 Å². The van der Waals surface area contributed by atoms with Crippen molar-refractivity contribution in [3.63, 3.8) is 0 Å². The van der Waals surface area contributed by atoms with Crippen molar-refractivity contribution in [3.8, 4) is 0 Å². The fourth-order valence-electron chi connectivity index (χ4n) is 1.71. The number of rotatable bonds is 2. The summed E-state index contributed by atoms with van der Waals surface area (Å²) >= 11 is 0. The Balaban J connectivity index is 2.20. The van der Waals surface area contributed by atoms with Gasteiger partial charge in [-0.25, -0.2) is 4.79 Å². The number of carbonyl (C=O) groups excluding carboxylic acids is 1. The van der Waals surface area contributed by atoms with Crippen molar-refractivity contribution in [1.29, 1.82) is 0 Å². The number of aliphatic carboxylic acids is 1. The molecule has 1 aliphatic heterocycles. The number of morpholine rings is 1. The first-order chi connectivity index (χ1) is 6.15. The molecular formula is C8H11NO4. The average Bonchev–Trinajstić information content (AvgIpc) is 2.85. The molecule has 1 saturated carbocycles. The molecule has 1 aliphatic carbocycles. The molecule has 2 N–H and O–H groups in total. The minimum Gasteiger partial charge on any atom is -0.479 e. The molecule has 0 bridgehead atoms. The average molecular weight is 185 g/mol. The van der Waals surface area contributed by atoms with E-state index in [1.165, 1.54) is 0 Å². The fourth-order valence-corrected chi connectivity index (χ4v) is 1.71. The van der Waals surface area contributed by atoms with Crippen molar-refractivity contribution in [2.75, 3.05) is 13.2 Å². The molecular weight excluding hydrogens is 174 g/mol. The number of hydrogen-bond acceptors (Lipinski definition) is 3. The highest BCUT2D eigenvalue weighted by atomic mass is 16.5. The van der Waals surface area contributed by atoms with Gasteiger partial charge in [0.05, 0.1) is 6.61 Å². The second-order valence-corrected chi connectivity index (χ2v) is 3.59. The largest absolute Gasteiger partial charge is 0.479 e. The molecule has 0 aromatic heterocycles. The number of amides is 1. The van der Waals surface area contributed by atoms with Gasteiger partial charge in [0.15, 0.2) is 5.54 Å². The zero-order valence-corrected chi connectivity index (χ0v) is 7.08. The summed E-state index contributed by atoms with van der Waals surface area (Å²) in [6.45, 7) is 0.0699. The summed E-state index contributed by atoms with van der Waals surface area (Å²) in [7, 11) is 0. The van der Waals surface area contributed by atoms with Crippen LogP contribution in [0, 0.1) is 5.92 Å². The van der Waals surface area contributed by atoms with E-state index in [1.807, 2.05) is 0 Å². The standard InChI is InChI=1S/C8H11NO4/c10-6-3-13-4-8(9-6,7(11)12)5-1-2-5/h5H,1-4H2,(H,9,10)(H,11,12). The van der Waals surface area contributed by atoms with Gasteiger partial charge < -0.3 is 15.2 Å². The maximum atomic E-state index is 11.0. The summed E-state index contributed by atoms with van der Waals surface area (Å²) in [5, 5.41) is 11.6. The molecule has 5 heteroatoms. The Hall–Kier alpha value is -1.10. The molecule has 13 heavy (non-hydrogen) atoms. The highest BCUT2D eigenvalue weighted by Gasteiger charge is 2.54. The van der Waals surface area contributed by atoms with Gasteiger partial charge in [0, 0.05) is 0 Å². The molecule has 1 atom stereocenters. The van der Waals surface area contributed by atoms with E-state index in [4.69, 9.17) is 9.84 Å². The van der Waals surface area contributed by atoms with E-state index in [2.05, 4.69) is 5.32 Å². The summed E-state index contributed by atoms with van der Waals surface area (Å²) in [6.07, 6.45) is 1.71. The molecule has 5 nitrogen and oxygen atoms in total. The smallest absolute Gasteiger partial charge is 0.332 e. The van der Waals surface area contributed by atoms with Crippen molar-refractivity contribution >= 4 is 11.9 Å². The van der Waals surface area contributed by atoms with Gasteiger partial charge >= 0.3 is 5.97 Å². The number of carbonyl (C=O) groups is 2. The van der Waals surface area contributed by atoms with Crippen molar-refractivity contribution in [1.82, 2.24) is 5.32 Å². The molecule has 72 valence electrons. The number of ether oxygens (including phenoxy) is 1. The zero-order valence-electron chi connectivity index (χ0n) is 7.08. The topological polar surface area (TPSA) is 75.6 Å². The highest BCUT2D eigenvalue weighted by molar-refractivity contribution is 5.89. The maximum Gasteiger partial charge on any atom is 0.332 e. The monoisotopic (exact) mass is 185 g/mol. The maximum absolute atomic E-state index is 11.0. The van der Waals surface area contributed by atoms with E-state index in [-0.39, 0.29) is 25.0 Å². The van der Waals surface area contributed by atoms with E-state index in [0.717, 1.165) is 12.8 Å². The molecule has 0 aromatic rings. The van der Waals surface area contributed by atoms with Crippen LogP contribution in [0.3, 0.4) is 0 Å². The van der Waals surface area contributed by atoms with Crippen LogP contribution in [-0.4, -0.2) is 35.7 Å². The zero-order chi connectivity index (χ0) is 9.47. The first-order valence-corrected chi connectivity index (χ1v) is 4.27. The lowest BCUT2D eigenvalue weighted by molar-refractivity contribution is -0.158. The molecule has 1 heterocycles. The Morgan fingerprint density at radius 2 is 2.31 bits per heavy atom. The first kappa shape index (κ1) is 8.50. The van der Waals surface area contributed by atoms with Crippen LogP contribution in [0.2, 0.25) is 0 Å². The number of carboxylic acids is 1. The van der Waals surface area contributed by atoms with E-state index < -0.39 is 11.5 Å². The van der Waals surface area contributed by atoms with Crippen LogP contribution in [0.25, 0.3) is 0 Å². The molecule has 2 aliphatic rings. The van der Waals surface area contributed by atoms with Gasteiger partial charge in [-0.15, -0.1) is 0 Å². The minimum atomic E-state index is -1.14. The molecule has 2 rings (SSSR count). The first-order valence-electron chi connectivity index (χ1n) is 4.27. The summed E-state index contributed by atoms with van der Waals surface area (Å²) in [4.78, 5) is 22.0. The van der Waals surface area contributed by atoms with Crippen LogP contribution in [0.1, 0.15) is 12.8 Å². The summed E-state index contributed by atoms with van der Waals surface area (Å²) in [6, 6.07) is 0. The molecule has 1 amide bonds. The minimum absolute atomic E-state index is 0.0260. The van der Waals surface area contributed by atoms with E-state index in [1.54, 1.807) is 0 Å². The summed E-state index contributed by atoms with van der Waals surface area (Å²) < 4.78 is 4.97. The van der Waals surface area contributed by atoms with E-state index in [9.17, 15) is 9.59 Å². The summed E-state index contributed by atoms with van der Waals surface area (Å²) in [5.41, 5.74) is -1.14. The van der Waals surface area contributed by atoms with Gasteiger partial charge in [-0.1, -0.05) is 0 Å². The third kappa shape index (κ3) is 1.29. The van der Waals surface area contributed by atoms with Crippen LogP contribution in [0.15, 0.2) is 0 Å². The second-order valence-electron chi connectivity index (χ2n) is 3.59. The van der Waals surface area contributed by atoms with Gasteiger partial charge in [-0.05, 0) is 18.8 Å². The Labute approximate surface area is 75.1 Å². The molecule has 2 fully saturated rings. The van der Waals surface area contributed by atoms with Crippen LogP contribution in [0.4, 0.5) is 0 Å². The van der Waals surface area contributed by atoms with Crippen molar-refractivity contribution in [2.45, 2.75) is 18.4 Å². The fraction of sp³-hybridized carbons (Fsp3) is 0.750. The van der Waals surface area contributed by atoms with Gasteiger partial charge in [-0.2, -0.15) is 0 Å². The van der Waals surface area contributed by atoms with E-state index >= 15 is 0 Å². The van der Waals surface area contributed by atoms with Gasteiger partial charge in [-0.3, -0.25) is 4.79 Å². The highest BCUT2D eigenvalue weighted by Crippen LogP contribution is 2.40. The number of carboxylic acid groups (broad SMARTS) is 1. The van der Waals surface area contributed by atoms with E-state index in [0.29, 0.717) is 0 Å². The molecule has 1 saturated heterocycles. The number of hydrogen-bond donors (Lipinski definition) is 2.